The highest BCUT2D eigenvalue weighted by Gasteiger charge is 2.33. The third-order valence-corrected chi connectivity index (χ3v) is 4.07. The van der Waals surface area contributed by atoms with Crippen LogP contribution in [0.3, 0.4) is 0 Å². The van der Waals surface area contributed by atoms with Crippen molar-refractivity contribution in [2.75, 3.05) is 0 Å². The van der Waals surface area contributed by atoms with Crippen molar-refractivity contribution in [3.8, 4) is 11.3 Å². The minimum atomic E-state index is -0.235. The number of nitrogens with one attached hydrogen (secondary N) is 1. The Morgan fingerprint density at radius 2 is 2.09 bits per heavy atom. The number of amides is 1. The molecule has 116 valence electrons. The maximum atomic E-state index is 12.2. The molecular formula is C16H15N5O2. The summed E-state index contributed by atoms with van der Waals surface area (Å²) in [5.41, 5.74) is 1.58. The van der Waals surface area contributed by atoms with E-state index in [1.165, 1.54) is 0 Å². The van der Waals surface area contributed by atoms with Crippen LogP contribution >= 0.6 is 0 Å². The van der Waals surface area contributed by atoms with E-state index in [1.807, 2.05) is 41.2 Å². The Morgan fingerprint density at radius 3 is 2.83 bits per heavy atom. The molecule has 0 aliphatic heterocycles. The minimum Gasteiger partial charge on any atom is -0.350 e. The summed E-state index contributed by atoms with van der Waals surface area (Å²) in [6.07, 6.45) is 5.18. The van der Waals surface area contributed by atoms with E-state index in [2.05, 4.69) is 20.8 Å². The SMILES string of the molecule is O=C(NC1CC(n2ccnn2)C1)c1cc(-c2ccccc2)no1. The van der Waals surface area contributed by atoms with Gasteiger partial charge in [-0.15, -0.1) is 5.10 Å². The van der Waals surface area contributed by atoms with Crippen LogP contribution in [0.5, 0.6) is 0 Å². The van der Waals surface area contributed by atoms with Gasteiger partial charge in [0.15, 0.2) is 0 Å². The van der Waals surface area contributed by atoms with Crippen molar-refractivity contribution < 1.29 is 9.32 Å². The predicted octanol–water partition coefficient (Wildman–Crippen LogP) is 2.07. The lowest BCUT2D eigenvalue weighted by Crippen LogP contribution is -2.45. The lowest BCUT2D eigenvalue weighted by Gasteiger charge is -2.35. The summed E-state index contributed by atoms with van der Waals surface area (Å²) in [7, 11) is 0. The first-order valence-corrected chi connectivity index (χ1v) is 7.48. The van der Waals surface area contributed by atoms with Gasteiger partial charge < -0.3 is 9.84 Å². The molecule has 2 aromatic heterocycles. The summed E-state index contributed by atoms with van der Waals surface area (Å²) in [6.45, 7) is 0. The van der Waals surface area contributed by atoms with E-state index in [4.69, 9.17) is 4.52 Å². The highest BCUT2D eigenvalue weighted by atomic mass is 16.5. The van der Waals surface area contributed by atoms with E-state index in [1.54, 1.807) is 12.3 Å². The standard InChI is InChI=1S/C16H15N5O2/c22-16(18-12-8-13(9-12)21-7-6-17-20-21)15-10-14(19-23-15)11-4-2-1-3-5-11/h1-7,10,12-13H,8-9H2,(H,18,22). The van der Waals surface area contributed by atoms with Gasteiger partial charge >= 0.3 is 0 Å². The first-order valence-electron chi connectivity index (χ1n) is 7.48. The maximum absolute atomic E-state index is 12.2. The van der Waals surface area contributed by atoms with E-state index in [0.29, 0.717) is 11.7 Å². The highest BCUT2D eigenvalue weighted by Crippen LogP contribution is 2.31. The average Bonchev–Trinajstić information content (AvgIpc) is 3.22. The van der Waals surface area contributed by atoms with Crippen molar-refractivity contribution in [1.82, 2.24) is 25.5 Å². The molecule has 0 radical (unpaired) electrons. The lowest BCUT2D eigenvalue weighted by molar-refractivity contribution is 0.0850. The Hall–Kier alpha value is -2.96. The third kappa shape index (κ3) is 2.73. The van der Waals surface area contributed by atoms with Gasteiger partial charge in [-0.25, -0.2) is 4.68 Å². The number of nitrogens with zero attached hydrogens (tertiary/aromatic N) is 4. The predicted molar refractivity (Wildman–Crippen MR) is 81.5 cm³/mol. The number of benzene rings is 1. The molecule has 7 heteroatoms. The van der Waals surface area contributed by atoms with E-state index < -0.39 is 0 Å². The molecule has 0 spiro atoms. The zero-order valence-electron chi connectivity index (χ0n) is 12.3. The molecule has 1 aromatic carbocycles. The molecule has 1 saturated carbocycles. The van der Waals surface area contributed by atoms with Crippen molar-refractivity contribution in [2.24, 2.45) is 0 Å². The fourth-order valence-corrected chi connectivity index (χ4v) is 2.72. The van der Waals surface area contributed by atoms with Crippen LogP contribution in [-0.2, 0) is 0 Å². The van der Waals surface area contributed by atoms with E-state index in [0.717, 1.165) is 18.4 Å². The van der Waals surface area contributed by atoms with E-state index >= 15 is 0 Å². The van der Waals surface area contributed by atoms with Crippen molar-refractivity contribution in [3.05, 3.63) is 54.6 Å². The zero-order chi connectivity index (χ0) is 15.6. The van der Waals surface area contributed by atoms with Gasteiger partial charge in [0.2, 0.25) is 5.76 Å². The number of hydrogen-bond donors (Lipinski definition) is 1. The summed E-state index contributed by atoms with van der Waals surface area (Å²) in [4.78, 5) is 12.2. The fourth-order valence-electron chi connectivity index (χ4n) is 2.72. The topological polar surface area (TPSA) is 85.8 Å². The van der Waals surface area contributed by atoms with Crippen molar-refractivity contribution >= 4 is 5.91 Å². The highest BCUT2D eigenvalue weighted by molar-refractivity contribution is 5.92. The molecule has 1 N–H and O–H groups in total. The molecule has 7 nitrogen and oxygen atoms in total. The van der Waals surface area contributed by atoms with E-state index in [9.17, 15) is 4.79 Å². The molecule has 4 rings (SSSR count). The molecule has 1 aliphatic carbocycles. The monoisotopic (exact) mass is 309 g/mol. The van der Waals surface area contributed by atoms with Crippen LogP contribution in [0.25, 0.3) is 11.3 Å². The van der Waals surface area contributed by atoms with Crippen LogP contribution < -0.4 is 5.32 Å². The zero-order valence-corrected chi connectivity index (χ0v) is 12.3. The second-order valence-corrected chi connectivity index (χ2v) is 5.62. The molecule has 23 heavy (non-hydrogen) atoms. The minimum absolute atomic E-state index is 0.127. The van der Waals surface area contributed by atoms with E-state index in [-0.39, 0.29) is 17.7 Å². The summed E-state index contributed by atoms with van der Waals surface area (Å²) in [5.74, 6) is -0.00483. The Balaban J connectivity index is 1.36. The molecule has 0 atom stereocenters. The fraction of sp³-hybridized carbons (Fsp3) is 0.250. The Labute approximate surface area is 132 Å². The molecule has 1 amide bonds. The van der Waals surface area contributed by atoms with Gasteiger partial charge in [0.1, 0.15) is 5.69 Å². The van der Waals surface area contributed by atoms with Gasteiger partial charge in [-0.2, -0.15) is 0 Å². The molecule has 0 saturated heterocycles. The van der Waals surface area contributed by atoms with Gasteiger partial charge in [-0.1, -0.05) is 40.7 Å². The first-order chi connectivity index (χ1) is 11.3. The average molecular weight is 309 g/mol. The van der Waals surface area contributed by atoms with Crippen LogP contribution in [0, 0.1) is 0 Å². The molecule has 0 bridgehead atoms. The lowest BCUT2D eigenvalue weighted by atomic mass is 9.87. The Morgan fingerprint density at radius 1 is 1.26 bits per heavy atom. The molecule has 2 heterocycles. The van der Waals surface area contributed by atoms with Crippen LogP contribution in [0.2, 0.25) is 0 Å². The smallest absolute Gasteiger partial charge is 0.290 e. The first kappa shape index (κ1) is 13.7. The largest absolute Gasteiger partial charge is 0.350 e. The summed E-state index contributed by atoms with van der Waals surface area (Å²) in [5, 5.41) is 14.7. The van der Waals surface area contributed by atoms with Crippen LogP contribution in [0.15, 0.2) is 53.3 Å². The molecular weight excluding hydrogens is 294 g/mol. The normalized spacial score (nSPS) is 20.0. The Kier molecular flexibility index (Phi) is 3.38. The van der Waals surface area contributed by atoms with Crippen molar-refractivity contribution in [2.45, 2.75) is 24.9 Å². The number of hydrogen-bond acceptors (Lipinski definition) is 5. The number of carbonyl (C=O) groups is 1. The van der Waals surface area contributed by atoms with Crippen LogP contribution in [0.4, 0.5) is 0 Å². The van der Waals surface area contributed by atoms with Crippen LogP contribution in [0.1, 0.15) is 29.4 Å². The van der Waals surface area contributed by atoms with Gasteiger partial charge in [-0.3, -0.25) is 4.79 Å². The van der Waals surface area contributed by atoms with Crippen molar-refractivity contribution in [3.63, 3.8) is 0 Å². The third-order valence-electron chi connectivity index (χ3n) is 4.07. The number of carbonyl (C=O) groups excluding carboxylic acids is 1. The van der Waals surface area contributed by atoms with Gasteiger partial charge in [0, 0.05) is 23.9 Å². The number of rotatable bonds is 4. The van der Waals surface area contributed by atoms with Crippen LogP contribution in [-0.4, -0.2) is 32.1 Å². The Bertz CT molecular complexity index is 791. The molecule has 0 unspecified atom stereocenters. The summed E-state index contributed by atoms with van der Waals surface area (Å²) < 4.78 is 6.98. The molecule has 1 fully saturated rings. The second-order valence-electron chi connectivity index (χ2n) is 5.62. The summed E-state index contributed by atoms with van der Waals surface area (Å²) >= 11 is 0. The number of aromatic nitrogens is 4. The maximum Gasteiger partial charge on any atom is 0.290 e. The quantitative estimate of drug-likeness (QED) is 0.797. The molecule has 1 aliphatic rings. The van der Waals surface area contributed by atoms with Gasteiger partial charge in [0.05, 0.1) is 12.2 Å². The van der Waals surface area contributed by atoms with Crippen molar-refractivity contribution in [1.29, 1.82) is 0 Å². The second kappa shape index (κ2) is 5.68. The molecule has 3 aromatic rings. The van der Waals surface area contributed by atoms with Gasteiger partial charge in [0.25, 0.3) is 5.91 Å². The van der Waals surface area contributed by atoms with Gasteiger partial charge in [-0.05, 0) is 12.8 Å². The summed E-state index contributed by atoms with van der Waals surface area (Å²) in [6, 6.07) is 11.7.